The van der Waals surface area contributed by atoms with Crippen molar-refractivity contribution >= 4 is 11.7 Å². The summed E-state index contributed by atoms with van der Waals surface area (Å²) in [6.45, 7) is 3.87. The van der Waals surface area contributed by atoms with Crippen LogP contribution in [0.5, 0.6) is 0 Å². The molecule has 3 heterocycles. The van der Waals surface area contributed by atoms with Crippen LogP contribution in [0.25, 0.3) is 0 Å². The Bertz CT molecular complexity index is 751. The second kappa shape index (κ2) is 7.27. The summed E-state index contributed by atoms with van der Waals surface area (Å²) in [5, 5.41) is 2.84. The number of nitrogens with one attached hydrogen (secondary N) is 1. The van der Waals surface area contributed by atoms with Gasteiger partial charge in [0.05, 0.1) is 5.69 Å². The standard InChI is InChI=1S/C17H21N5O2/c1-20-13-15(4-5-16(20)23)19-17(24)22-9-7-21(8-10-22)12-14-3-2-6-18-11-14/h2-6,11,13H,7-10,12H2,1H3,(H,19,24). The zero-order chi connectivity index (χ0) is 16.9. The minimum Gasteiger partial charge on any atom is -0.322 e. The lowest BCUT2D eigenvalue weighted by Crippen LogP contribution is -2.49. The van der Waals surface area contributed by atoms with E-state index in [0.717, 1.165) is 19.6 Å². The van der Waals surface area contributed by atoms with Gasteiger partial charge in [0.15, 0.2) is 0 Å². The lowest BCUT2D eigenvalue weighted by atomic mass is 10.2. The number of amides is 2. The van der Waals surface area contributed by atoms with Crippen LogP contribution < -0.4 is 10.9 Å². The van der Waals surface area contributed by atoms with Crippen LogP contribution in [0.1, 0.15) is 5.56 Å². The molecular formula is C17H21N5O2. The van der Waals surface area contributed by atoms with E-state index in [0.29, 0.717) is 18.8 Å². The quantitative estimate of drug-likeness (QED) is 0.917. The molecular weight excluding hydrogens is 306 g/mol. The van der Waals surface area contributed by atoms with Crippen molar-refractivity contribution in [1.29, 1.82) is 0 Å². The topological polar surface area (TPSA) is 70.5 Å². The van der Waals surface area contributed by atoms with E-state index in [2.05, 4.69) is 21.3 Å². The Morgan fingerprint density at radius 2 is 2.00 bits per heavy atom. The van der Waals surface area contributed by atoms with E-state index in [-0.39, 0.29) is 11.6 Å². The van der Waals surface area contributed by atoms with E-state index < -0.39 is 0 Å². The highest BCUT2D eigenvalue weighted by atomic mass is 16.2. The van der Waals surface area contributed by atoms with E-state index in [9.17, 15) is 9.59 Å². The lowest BCUT2D eigenvalue weighted by molar-refractivity contribution is 0.143. The molecule has 1 aliphatic heterocycles. The zero-order valence-electron chi connectivity index (χ0n) is 13.7. The van der Waals surface area contributed by atoms with E-state index >= 15 is 0 Å². The average Bonchev–Trinajstić information content (AvgIpc) is 2.60. The van der Waals surface area contributed by atoms with Crippen LogP contribution in [0.3, 0.4) is 0 Å². The summed E-state index contributed by atoms with van der Waals surface area (Å²) in [7, 11) is 1.66. The van der Waals surface area contributed by atoms with Crippen molar-refractivity contribution in [1.82, 2.24) is 19.4 Å². The number of urea groups is 1. The number of pyridine rings is 2. The first kappa shape index (κ1) is 16.2. The van der Waals surface area contributed by atoms with Gasteiger partial charge in [0, 0.05) is 64.4 Å². The second-order valence-corrected chi connectivity index (χ2v) is 5.92. The average molecular weight is 327 g/mol. The molecule has 0 aliphatic carbocycles. The van der Waals surface area contributed by atoms with Crippen LogP contribution in [0.2, 0.25) is 0 Å². The number of piperazine rings is 1. The Morgan fingerprint density at radius 3 is 2.67 bits per heavy atom. The molecule has 3 rings (SSSR count). The SMILES string of the molecule is Cn1cc(NC(=O)N2CCN(Cc3cccnc3)CC2)ccc1=O. The molecule has 1 aliphatic rings. The molecule has 0 atom stereocenters. The number of aryl methyl sites for hydroxylation is 1. The van der Waals surface area contributed by atoms with Gasteiger partial charge in [-0.05, 0) is 17.7 Å². The van der Waals surface area contributed by atoms with Gasteiger partial charge in [0.2, 0.25) is 5.56 Å². The summed E-state index contributed by atoms with van der Waals surface area (Å²) in [6, 6.07) is 6.94. The number of hydrogen-bond acceptors (Lipinski definition) is 4. The molecule has 0 aromatic carbocycles. The minimum absolute atomic E-state index is 0.1000. The summed E-state index contributed by atoms with van der Waals surface area (Å²) in [4.78, 5) is 31.9. The number of carbonyl (C=O) groups is 1. The molecule has 0 radical (unpaired) electrons. The van der Waals surface area contributed by atoms with Crippen molar-refractivity contribution in [2.45, 2.75) is 6.54 Å². The highest BCUT2D eigenvalue weighted by Crippen LogP contribution is 2.10. The lowest BCUT2D eigenvalue weighted by Gasteiger charge is -2.34. The van der Waals surface area contributed by atoms with Gasteiger partial charge >= 0.3 is 6.03 Å². The third-order valence-corrected chi connectivity index (χ3v) is 4.13. The Labute approximate surface area is 140 Å². The number of carbonyl (C=O) groups excluding carboxylic acids is 1. The molecule has 2 amide bonds. The molecule has 2 aromatic heterocycles. The fraction of sp³-hybridized carbons (Fsp3) is 0.353. The van der Waals surface area contributed by atoms with Crippen LogP contribution in [0.15, 0.2) is 47.7 Å². The van der Waals surface area contributed by atoms with Crippen LogP contribution in [-0.2, 0) is 13.6 Å². The largest absolute Gasteiger partial charge is 0.322 e. The third-order valence-electron chi connectivity index (χ3n) is 4.13. The van der Waals surface area contributed by atoms with Crippen LogP contribution >= 0.6 is 0 Å². The van der Waals surface area contributed by atoms with Crippen LogP contribution in [0.4, 0.5) is 10.5 Å². The maximum atomic E-state index is 12.3. The number of nitrogens with zero attached hydrogens (tertiary/aromatic N) is 4. The maximum absolute atomic E-state index is 12.3. The first-order valence-electron chi connectivity index (χ1n) is 7.96. The monoisotopic (exact) mass is 327 g/mol. The van der Waals surface area contributed by atoms with Crippen molar-refractivity contribution < 1.29 is 4.79 Å². The van der Waals surface area contributed by atoms with E-state index in [1.54, 1.807) is 30.4 Å². The Kier molecular flexibility index (Phi) is 4.90. The molecule has 0 bridgehead atoms. The Morgan fingerprint density at radius 1 is 1.21 bits per heavy atom. The maximum Gasteiger partial charge on any atom is 0.321 e. The van der Waals surface area contributed by atoms with E-state index in [4.69, 9.17) is 0 Å². The van der Waals surface area contributed by atoms with Crippen molar-refractivity contribution in [3.63, 3.8) is 0 Å². The summed E-state index contributed by atoms with van der Waals surface area (Å²) in [5.74, 6) is 0. The normalized spacial score (nSPS) is 15.3. The number of aromatic nitrogens is 2. The summed E-state index contributed by atoms with van der Waals surface area (Å²) in [6.07, 6.45) is 5.27. The minimum atomic E-state index is -0.130. The molecule has 1 saturated heterocycles. The molecule has 1 N–H and O–H groups in total. The van der Waals surface area contributed by atoms with Crippen LogP contribution in [0, 0.1) is 0 Å². The predicted octanol–water partition coefficient (Wildman–Crippen LogP) is 1.13. The molecule has 126 valence electrons. The number of anilines is 1. The second-order valence-electron chi connectivity index (χ2n) is 5.92. The van der Waals surface area contributed by atoms with Gasteiger partial charge in [-0.15, -0.1) is 0 Å². The summed E-state index contributed by atoms with van der Waals surface area (Å²) < 4.78 is 1.45. The van der Waals surface area contributed by atoms with Gasteiger partial charge in [0.1, 0.15) is 0 Å². The molecule has 2 aromatic rings. The first-order chi connectivity index (χ1) is 11.6. The zero-order valence-corrected chi connectivity index (χ0v) is 13.7. The summed E-state index contributed by atoms with van der Waals surface area (Å²) in [5.41, 5.74) is 1.71. The van der Waals surface area contributed by atoms with Gasteiger partial charge in [0.25, 0.3) is 0 Å². The predicted molar refractivity (Wildman–Crippen MR) is 91.8 cm³/mol. The van der Waals surface area contributed by atoms with Crippen LogP contribution in [-0.4, -0.2) is 51.6 Å². The van der Waals surface area contributed by atoms with Crippen molar-refractivity contribution in [3.05, 3.63) is 58.8 Å². The molecule has 7 heteroatoms. The molecule has 1 fully saturated rings. The van der Waals surface area contributed by atoms with E-state index in [1.165, 1.54) is 16.2 Å². The van der Waals surface area contributed by atoms with E-state index in [1.807, 2.05) is 12.3 Å². The molecule has 0 unspecified atom stereocenters. The smallest absolute Gasteiger partial charge is 0.321 e. The summed E-state index contributed by atoms with van der Waals surface area (Å²) >= 11 is 0. The van der Waals surface area contributed by atoms with Crippen molar-refractivity contribution in [3.8, 4) is 0 Å². The van der Waals surface area contributed by atoms with Gasteiger partial charge in [-0.25, -0.2) is 4.79 Å². The first-order valence-corrected chi connectivity index (χ1v) is 7.96. The Hall–Kier alpha value is -2.67. The fourth-order valence-corrected chi connectivity index (χ4v) is 2.73. The molecule has 0 spiro atoms. The van der Waals surface area contributed by atoms with Gasteiger partial charge in [-0.3, -0.25) is 14.7 Å². The molecule has 0 saturated carbocycles. The van der Waals surface area contributed by atoms with Gasteiger partial charge in [-0.1, -0.05) is 6.07 Å². The van der Waals surface area contributed by atoms with Crippen molar-refractivity contribution in [2.75, 3.05) is 31.5 Å². The van der Waals surface area contributed by atoms with Gasteiger partial charge in [-0.2, -0.15) is 0 Å². The molecule has 24 heavy (non-hydrogen) atoms. The number of rotatable bonds is 3. The third kappa shape index (κ3) is 3.99. The number of hydrogen-bond donors (Lipinski definition) is 1. The highest BCUT2D eigenvalue weighted by molar-refractivity contribution is 5.89. The van der Waals surface area contributed by atoms with Gasteiger partial charge < -0.3 is 14.8 Å². The highest BCUT2D eigenvalue weighted by Gasteiger charge is 2.21. The Balaban J connectivity index is 1.51. The molecule has 7 nitrogen and oxygen atoms in total. The fourth-order valence-electron chi connectivity index (χ4n) is 2.73. The van der Waals surface area contributed by atoms with Crippen molar-refractivity contribution in [2.24, 2.45) is 7.05 Å².